The highest BCUT2D eigenvalue weighted by Gasteiger charge is 2.48. The minimum absolute atomic E-state index is 0.0169. The molecule has 1 aliphatic rings. The minimum atomic E-state index is -3.47. The lowest BCUT2D eigenvalue weighted by atomic mass is 10.2. The van der Waals surface area contributed by atoms with E-state index in [1.165, 1.54) is 17.1 Å². The van der Waals surface area contributed by atoms with Gasteiger partial charge in [0.2, 0.25) is 10.0 Å². The molecule has 0 bridgehead atoms. The van der Waals surface area contributed by atoms with Crippen molar-refractivity contribution in [2.24, 2.45) is 5.41 Å². The Morgan fingerprint density at radius 3 is 2.83 bits per heavy atom. The fourth-order valence-electron chi connectivity index (χ4n) is 1.76. The topological polar surface area (TPSA) is 84.2 Å². The zero-order valence-corrected chi connectivity index (χ0v) is 11.4. The molecule has 2 N–H and O–H groups in total. The van der Waals surface area contributed by atoms with Gasteiger partial charge in [-0.05, 0) is 18.3 Å². The summed E-state index contributed by atoms with van der Waals surface area (Å²) in [4.78, 5) is 0.183. The predicted octanol–water partition coefficient (Wildman–Crippen LogP) is 0.342. The third-order valence-electron chi connectivity index (χ3n) is 3.28. The standard InChI is InChI=1S/C11H19N3O3S/c1-11(2)6-10(11)13-18(16,17)9-7-12-14(8-9)4-3-5-15/h7-8,10,13,15H,3-6H2,1-2H3. The largest absolute Gasteiger partial charge is 0.396 e. The van der Waals surface area contributed by atoms with Gasteiger partial charge in [0.1, 0.15) is 4.90 Å². The quantitative estimate of drug-likeness (QED) is 0.783. The highest BCUT2D eigenvalue weighted by atomic mass is 32.2. The van der Waals surface area contributed by atoms with Crippen LogP contribution in [0.1, 0.15) is 26.7 Å². The summed E-state index contributed by atoms with van der Waals surface area (Å²) in [5, 5.41) is 12.7. The summed E-state index contributed by atoms with van der Waals surface area (Å²) in [7, 11) is -3.47. The summed E-state index contributed by atoms with van der Waals surface area (Å²) < 4.78 is 28.3. The molecule has 0 amide bonds. The number of hydrogen-bond donors (Lipinski definition) is 2. The second-order valence-corrected chi connectivity index (χ2v) is 7.10. The van der Waals surface area contributed by atoms with Crippen molar-refractivity contribution in [1.29, 1.82) is 0 Å². The third-order valence-corrected chi connectivity index (χ3v) is 4.70. The van der Waals surface area contributed by atoms with Gasteiger partial charge < -0.3 is 5.11 Å². The molecule has 1 unspecified atom stereocenters. The molecule has 0 spiro atoms. The van der Waals surface area contributed by atoms with Crippen LogP contribution in [0.2, 0.25) is 0 Å². The van der Waals surface area contributed by atoms with E-state index in [4.69, 9.17) is 5.11 Å². The number of aliphatic hydroxyl groups excluding tert-OH is 1. The van der Waals surface area contributed by atoms with E-state index in [2.05, 4.69) is 9.82 Å². The molecule has 102 valence electrons. The van der Waals surface area contributed by atoms with Crippen molar-refractivity contribution in [3.05, 3.63) is 12.4 Å². The lowest BCUT2D eigenvalue weighted by Gasteiger charge is -2.05. The smallest absolute Gasteiger partial charge is 0.243 e. The van der Waals surface area contributed by atoms with Gasteiger partial charge in [-0.1, -0.05) is 13.8 Å². The van der Waals surface area contributed by atoms with Crippen LogP contribution >= 0.6 is 0 Å². The fourth-order valence-corrected chi connectivity index (χ4v) is 3.12. The minimum Gasteiger partial charge on any atom is -0.396 e. The zero-order chi connectivity index (χ0) is 13.4. The summed E-state index contributed by atoms with van der Waals surface area (Å²) in [5.74, 6) is 0. The Morgan fingerprint density at radius 1 is 1.61 bits per heavy atom. The molecule has 1 aromatic rings. The average molecular weight is 273 g/mol. The first-order chi connectivity index (χ1) is 8.35. The van der Waals surface area contributed by atoms with Crippen molar-refractivity contribution in [3.8, 4) is 0 Å². The molecule has 1 atom stereocenters. The molecule has 7 heteroatoms. The maximum absolute atomic E-state index is 12.0. The second-order valence-electron chi connectivity index (χ2n) is 5.38. The van der Waals surface area contributed by atoms with Crippen LogP contribution in [0.4, 0.5) is 0 Å². The molecule has 1 aliphatic carbocycles. The van der Waals surface area contributed by atoms with Crippen LogP contribution in [0.15, 0.2) is 17.3 Å². The highest BCUT2D eigenvalue weighted by molar-refractivity contribution is 7.89. The van der Waals surface area contributed by atoms with Gasteiger partial charge in [0, 0.05) is 25.4 Å². The number of sulfonamides is 1. The van der Waals surface area contributed by atoms with Crippen molar-refractivity contribution in [2.75, 3.05) is 6.61 Å². The summed E-state index contributed by atoms with van der Waals surface area (Å²) >= 11 is 0. The summed E-state index contributed by atoms with van der Waals surface area (Å²) in [6.45, 7) is 4.65. The number of aliphatic hydroxyl groups is 1. The van der Waals surface area contributed by atoms with Crippen molar-refractivity contribution in [2.45, 2.75) is 44.2 Å². The molecule has 0 aromatic carbocycles. The molecule has 2 rings (SSSR count). The number of aryl methyl sites for hydroxylation is 1. The molecule has 1 aromatic heterocycles. The van der Waals surface area contributed by atoms with Crippen LogP contribution in [0.3, 0.4) is 0 Å². The Labute approximate surface area is 107 Å². The number of nitrogens with one attached hydrogen (secondary N) is 1. The predicted molar refractivity (Wildman–Crippen MR) is 66.4 cm³/mol. The van der Waals surface area contributed by atoms with Crippen molar-refractivity contribution < 1.29 is 13.5 Å². The lowest BCUT2D eigenvalue weighted by molar-refractivity contribution is 0.277. The Balaban J connectivity index is 2.03. The zero-order valence-electron chi connectivity index (χ0n) is 10.6. The van der Waals surface area contributed by atoms with Crippen molar-refractivity contribution in [1.82, 2.24) is 14.5 Å². The van der Waals surface area contributed by atoms with Crippen molar-refractivity contribution >= 4 is 10.0 Å². The van der Waals surface area contributed by atoms with Crippen LogP contribution in [-0.4, -0.2) is 36.0 Å². The first kappa shape index (κ1) is 13.5. The SMILES string of the molecule is CC1(C)CC1NS(=O)(=O)c1cnn(CCCO)c1. The number of rotatable bonds is 6. The van der Waals surface area contributed by atoms with E-state index in [1.54, 1.807) is 0 Å². The van der Waals surface area contributed by atoms with E-state index in [9.17, 15) is 8.42 Å². The number of hydrogen-bond acceptors (Lipinski definition) is 4. The molecule has 1 saturated carbocycles. The molecule has 0 saturated heterocycles. The van der Waals surface area contributed by atoms with Gasteiger partial charge in [0.05, 0.1) is 6.20 Å². The number of aromatic nitrogens is 2. The Hall–Kier alpha value is -0.920. The molecule has 1 heterocycles. The van der Waals surface area contributed by atoms with Gasteiger partial charge in [-0.15, -0.1) is 0 Å². The maximum atomic E-state index is 12.0. The van der Waals surface area contributed by atoms with E-state index in [0.717, 1.165) is 6.42 Å². The summed E-state index contributed by atoms with van der Waals surface area (Å²) in [5.41, 5.74) is 0.0555. The molecule has 0 radical (unpaired) electrons. The Morgan fingerprint density at radius 2 is 2.28 bits per heavy atom. The van der Waals surface area contributed by atoms with Gasteiger partial charge >= 0.3 is 0 Å². The lowest BCUT2D eigenvalue weighted by Crippen LogP contribution is -2.28. The van der Waals surface area contributed by atoms with Gasteiger partial charge in [-0.25, -0.2) is 13.1 Å². The highest BCUT2D eigenvalue weighted by Crippen LogP contribution is 2.45. The first-order valence-electron chi connectivity index (χ1n) is 6.01. The maximum Gasteiger partial charge on any atom is 0.243 e. The first-order valence-corrected chi connectivity index (χ1v) is 7.49. The summed E-state index contributed by atoms with van der Waals surface area (Å²) in [6.07, 6.45) is 4.26. The second kappa shape index (κ2) is 4.64. The van der Waals surface area contributed by atoms with E-state index >= 15 is 0 Å². The van der Waals surface area contributed by atoms with Crippen molar-refractivity contribution in [3.63, 3.8) is 0 Å². The van der Waals surface area contributed by atoms with E-state index in [1.807, 2.05) is 13.8 Å². The number of nitrogens with zero attached hydrogens (tertiary/aromatic N) is 2. The van der Waals surface area contributed by atoms with E-state index < -0.39 is 10.0 Å². The molecular formula is C11H19N3O3S. The van der Waals surface area contributed by atoms with Gasteiger partial charge in [-0.2, -0.15) is 5.10 Å². The van der Waals surface area contributed by atoms with Gasteiger partial charge in [0.15, 0.2) is 0 Å². The summed E-state index contributed by atoms with van der Waals surface area (Å²) in [6, 6.07) is 0.0169. The Bertz CT molecular complexity index is 521. The van der Waals surface area contributed by atoms with Crippen LogP contribution in [0.5, 0.6) is 0 Å². The molecule has 0 aliphatic heterocycles. The average Bonchev–Trinajstić information content (AvgIpc) is 2.71. The van der Waals surface area contributed by atoms with Crippen LogP contribution in [0.25, 0.3) is 0 Å². The van der Waals surface area contributed by atoms with Crippen LogP contribution < -0.4 is 4.72 Å². The van der Waals surface area contributed by atoms with E-state index in [0.29, 0.717) is 13.0 Å². The van der Waals surface area contributed by atoms with Crippen LogP contribution in [0, 0.1) is 5.41 Å². The Kier molecular flexibility index (Phi) is 3.48. The molecular weight excluding hydrogens is 254 g/mol. The molecule has 6 nitrogen and oxygen atoms in total. The van der Waals surface area contributed by atoms with Gasteiger partial charge in [-0.3, -0.25) is 4.68 Å². The molecule has 18 heavy (non-hydrogen) atoms. The fraction of sp³-hybridized carbons (Fsp3) is 0.727. The monoisotopic (exact) mass is 273 g/mol. The van der Waals surface area contributed by atoms with E-state index in [-0.39, 0.29) is 23.0 Å². The molecule has 1 fully saturated rings. The third kappa shape index (κ3) is 2.90. The van der Waals surface area contributed by atoms with Gasteiger partial charge in [0.25, 0.3) is 0 Å². The van der Waals surface area contributed by atoms with Crippen LogP contribution in [-0.2, 0) is 16.6 Å². The normalized spacial score (nSPS) is 22.1.